The molecule has 1 rings (SSSR count). The highest BCUT2D eigenvalue weighted by Crippen LogP contribution is 2.09. The van der Waals surface area contributed by atoms with Crippen molar-refractivity contribution in [2.24, 2.45) is 0 Å². The molecule has 0 radical (unpaired) electrons. The molecule has 1 aliphatic rings. The van der Waals surface area contributed by atoms with Gasteiger partial charge in [-0.3, -0.25) is 9.59 Å². The van der Waals surface area contributed by atoms with Crippen molar-refractivity contribution in [1.29, 1.82) is 0 Å². The van der Waals surface area contributed by atoms with E-state index in [4.69, 9.17) is 4.74 Å². The lowest BCUT2D eigenvalue weighted by Gasteiger charge is -2.22. The summed E-state index contributed by atoms with van der Waals surface area (Å²) in [5.41, 5.74) is 0. The molecule has 0 saturated carbocycles. The number of ether oxygens (including phenoxy) is 1. The van der Waals surface area contributed by atoms with E-state index in [2.05, 4.69) is 10.6 Å². The van der Waals surface area contributed by atoms with Gasteiger partial charge in [0.15, 0.2) is 0 Å². The minimum Gasteiger partial charge on any atom is -0.380 e. The van der Waals surface area contributed by atoms with Gasteiger partial charge in [-0.05, 0) is 20.3 Å². The van der Waals surface area contributed by atoms with Crippen LogP contribution in [0.25, 0.3) is 0 Å². The van der Waals surface area contributed by atoms with Crippen molar-refractivity contribution in [3.8, 4) is 0 Å². The molecule has 3 atom stereocenters. The summed E-state index contributed by atoms with van der Waals surface area (Å²) in [4.78, 5) is 25.3. The quantitative estimate of drug-likeness (QED) is 0.686. The molecule has 0 aromatic rings. The Morgan fingerprint density at radius 3 is 2.72 bits per heavy atom. The summed E-state index contributed by atoms with van der Waals surface area (Å²) in [7, 11) is 3.36. The van der Waals surface area contributed by atoms with E-state index < -0.39 is 6.04 Å². The molecule has 0 aliphatic carbocycles. The average molecular weight is 257 g/mol. The van der Waals surface area contributed by atoms with Gasteiger partial charge in [0.05, 0.1) is 12.1 Å². The van der Waals surface area contributed by atoms with Crippen LogP contribution in [0.1, 0.15) is 20.3 Å². The van der Waals surface area contributed by atoms with Crippen molar-refractivity contribution < 1.29 is 14.3 Å². The zero-order valence-electron chi connectivity index (χ0n) is 11.5. The second kappa shape index (κ2) is 6.70. The lowest BCUT2D eigenvalue weighted by atomic mass is 10.1. The number of nitrogens with zero attached hydrogens (tertiary/aromatic N) is 1. The molecule has 0 aromatic carbocycles. The van der Waals surface area contributed by atoms with Crippen LogP contribution in [0.5, 0.6) is 0 Å². The largest absolute Gasteiger partial charge is 0.380 e. The number of carbonyl (C=O) groups excluding carboxylic acids is 2. The van der Waals surface area contributed by atoms with Gasteiger partial charge < -0.3 is 20.3 Å². The number of carbonyl (C=O) groups is 2. The van der Waals surface area contributed by atoms with Gasteiger partial charge in [-0.25, -0.2) is 0 Å². The van der Waals surface area contributed by atoms with Crippen LogP contribution in [-0.2, 0) is 14.3 Å². The fourth-order valence-corrected chi connectivity index (χ4v) is 1.94. The van der Waals surface area contributed by atoms with Crippen LogP contribution in [0.15, 0.2) is 0 Å². The maximum Gasteiger partial charge on any atom is 0.244 e. The maximum atomic E-state index is 11.9. The van der Waals surface area contributed by atoms with Crippen molar-refractivity contribution in [3.05, 3.63) is 0 Å². The molecule has 104 valence electrons. The number of likely N-dealkylation sites (N-methyl/N-ethyl adjacent to an activating group) is 1. The van der Waals surface area contributed by atoms with Crippen LogP contribution in [0.4, 0.5) is 0 Å². The van der Waals surface area contributed by atoms with Crippen LogP contribution in [0.2, 0.25) is 0 Å². The van der Waals surface area contributed by atoms with Crippen LogP contribution in [0.3, 0.4) is 0 Å². The molecule has 0 aromatic heterocycles. The Hall–Kier alpha value is -1.14. The normalized spacial score (nSPS) is 24.7. The highest BCUT2D eigenvalue weighted by Gasteiger charge is 2.31. The van der Waals surface area contributed by atoms with Gasteiger partial charge in [0, 0.05) is 27.2 Å². The van der Waals surface area contributed by atoms with E-state index >= 15 is 0 Å². The monoisotopic (exact) mass is 257 g/mol. The van der Waals surface area contributed by atoms with E-state index in [1.54, 1.807) is 26.0 Å². The van der Waals surface area contributed by atoms with E-state index in [0.29, 0.717) is 19.5 Å². The summed E-state index contributed by atoms with van der Waals surface area (Å²) < 4.78 is 5.18. The lowest BCUT2D eigenvalue weighted by molar-refractivity contribution is -0.135. The third kappa shape index (κ3) is 3.68. The van der Waals surface area contributed by atoms with Gasteiger partial charge in [0.25, 0.3) is 0 Å². The van der Waals surface area contributed by atoms with E-state index in [0.717, 1.165) is 0 Å². The van der Waals surface area contributed by atoms with E-state index in [-0.39, 0.29) is 24.0 Å². The number of rotatable bonds is 5. The smallest absolute Gasteiger partial charge is 0.244 e. The highest BCUT2D eigenvalue weighted by molar-refractivity contribution is 5.89. The standard InChI is InChI=1S/C12H23N3O3/c1-5-15(3)12(17)8(2)14-11(16)10-6-9(18-4)7-13-10/h8-10,13H,5-7H2,1-4H3,(H,14,16). The van der Waals surface area contributed by atoms with E-state index in [9.17, 15) is 9.59 Å². The first-order valence-electron chi connectivity index (χ1n) is 6.31. The Balaban J connectivity index is 2.43. The third-order valence-electron chi connectivity index (χ3n) is 3.32. The lowest BCUT2D eigenvalue weighted by Crippen LogP contribution is -2.50. The van der Waals surface area contributed by atoms with Crippen molar-refractivity contribution >= 4 is 11.8 Å². The molecule has 6 heteroatoms. The topological polar surface area (TPSA) is 70.7 Å². The molecular formula is C12H23N3O3. The number of methoxy groups -OCH3 is 1. The molecule has 2 amide bonds. The molecule has 3 unspecified atom stereocenters. The second-order valence-corrected chi connectivity index (χ2v) is 4.64. The molecular weight excluding hydrogens is 234 g/mol. The Morgan fingerprint density at radius 2 is 2.22 bits per heavy atom. The molecule has 1 aliphatic heterocycles. The number of nitrogens with one attached hydrogen (secondary N) is 2. The Kier molecular flexibility index (Phi) is 5.55. The summed E-state index contributed by atoms with van der Waals surface area (Å²) >= 11 is 0. The van der Waals surface area contributed by atoms with Crippen molar-refractivity contribution in [2.75, 3.05) is 27.2 Å². The van der Waals surface area contributed by atoms with Crippen LogP contribution >= 0.6 is 0 Å². The van der Waals surface area contributed by atoms with Crippen molar-refractivity contribution in [2.45, 2.75) is 38.5 Å². The van der Waals surface area contributed by atoms with Crippen molar-refractivity contribution in [3.63, 3.8) is 0 Å². The molecule has 1 saturated heterocycles. The third-order valence-corrected chi connectivity index (χ3v) is 3.32. The Bertz CT molecular complexity index is 309. The van der Waals surface area contributed by atoms with Gasteiger partial charge in [0.2, 0.25) is 11.8 Å². The SMILES string of the molecule is CCN(C)C(=O)C(C)NC(=O)C1CC(OC)CN1. The zero-order chi connectivity index (χ0) is 13.7. The van der Waals surface area contributed by atoms with Gasteiger partial charge in [-0.2, -0.15) is 0 Å². The summed E-state index contributed by atoms with van der Waals surface area (Å²) in [6, 6.07) is -0.761. The Morgan fingerprint density at radius 1 is 1.56 bits per heavy atom. The second-order valence-electron chi connectivity index (χ2n) is 4.64. The van der Waals surface area contributed by atoms with Gasteiger partial charge in [-0.15, -0.1) is 0 Å². The van der Waals surface area contributed by atoms with Crippen LogP contribution in [0, 0.1) is 0 Å². The van der Waals surface area contributed by atoms with Crippen molar-refractivity contribution in [1.82, 2.24) is 15.5 Å². The van der Waals surface area contributed by atoms with Gasteiger partial charge in [-0.1, -0.05) is 0 Å². The molecule has 1 fully saturated rings. The summed E-state index contributed by atoms with van der Waals surface area (Å²) in [6.07, 6.45) is 0.720. The van der Waals surface area contributed by atoms with Gasteiger partial charge in [0.1, 0.15) is 6.04 Å². The first-order chi connectivity index (χ1) is 8.49. The molecule has 0 spiro atoms. The first kappa shape index (κ1) is 14.9. The van der Waals surface area contributed by atoms with E-state index in [1.165, 1.54) is 0 Å². The molecule has 18 heavy (non-hydrogen) atoms. The molecule has 6 nitrogen and oxygen atoms in total. The predicted octanol–water partition coefficient (Wildman–Crippen LogP) is -0.654. The first-order valence-corrected chi connectivity index (χ1v) is 6.31. The average Bonchev–Trinajstić information content (AvgIpc) is 2.85. The summed E-state index contributed by atoms with van der Waals surface area (Å²) in [5, 5.41) is 5.82. The van der Waals surface area contributed by atoms with Crippen LogP contribution < -0.4 is 10.6 Å². The van der Waals surface area contributed by atoms with Crippen LogP contribution in [-0.4, -0.2) is 62.1 Å². The minimum absolute atomic E-state index is 0.0741. The van der Waals surface area contributed by atoms with Gasteiger partial charge >= 0.3 is 0 Å². The predicted molar refractivity (Wildman–Crippen MR) is 68.1 cm³/mol. The number of amides is 2. The fourth-order valence-electron chi connectivity index (χ4n) is 1.94. The zero-order valence-corrected chi connectivity index (χ0v) is 11.5. The Labute approximate surface area is 108 Å². The van der Waals surface area contributed by atoms with E-state index in [1.807, 2.05) is 6.92 Å². The fraction of sp³-hybridized carbons (Fsp3) is 0.833. The molecule has 2 N–H and O–H groups in total. The molecule has 1 heterocycles. The molecule has 0 bridgehead atoms. The summed E-state index contributed by atoms with van der Waals surface area (Å²) in [5.74, 6) is -0.216. The number of hydrogen-bond acceptors (Lipinski definition) is 4. The maximum absolute atomic E-state index is 11.9. The highest BCUT2D eigenvalue weighted by atomic mass is 16.5. The summed E-state index contributed by atoms with van der Waals surface area (Å²) in [6.45, 7) is 4.90. The number of hydrogen-bond donors (Lipinski definition) is 2. The minimum atomic E-state index is -0.495.